The Labute approximate surface area is 174 Å². The van der Waals surface area contributed by atoms with Crippen LogP contribution in [-0.4, -0.2) is 52.5 Å². The van der Waals surface area contributed by atoms with Crippen LogP contribution in [0.15, 0.2) is 48.5 Å². The summed E-state index contributed by atoms with van der Waals surface area (Å²) in [5, 5.41) is 21.0. The zero-order valence-electron chi connectivity index (χ0n) is 16.2. The highest BCUT2D eigenvalue weighted by molar-refractivity contribution is 7.99. The molecule has 1 aliphatic rings. The Morgan fingerprint density at radius 1 is 1.10 bits per heavy atom. The maximum atomic E-state index is 12.2. The number of alkyl carbamates (subject to hydrolysis) is 1. The van der Waals surface area contributed by atoms with E-state index in [-0.39, 0.29) is 18.3 Å². The number of fused-ring (bicyclic) bond motifs is 3. The first kappa shape index (κ1) is 21.2. The van der Waals surface area contributed by atoms with Crippen LogP contribution in [0.2, 0.25) is 0 Å². The highest BCUT2D eigenvalue weighted by Gasteiger charge is 2.29. The first-order valence-corrected chi connectivity index (χ1v) is 10.7. The van der Waals surface area contributed by atoms with Crippen LogP contribution < -0.4 is 5.32 Å². The van der Waals surface area contributed by atoms with E-state index in [2.05, 4.69) is 17.4 Å². The third-order valence-electron chi connectivity index (χ3n) is 4.90. The minimum Gasteiger partial charge on any atom is -0.480 e. The van der Waals surface area contributed by atoms with Gasteiger partial charge in [0, 0.05) is 11.7 Å². The maximum Gasteiger partial charge on any atom is 0.407 e. The predicted molar refractivity (Wildman–Crippen MR) is 113 cm³/mol. The molecule has 0 spiro atoms. The second-order valence-corrected chi connectivity index (χ2v) is 8.22. The monoisotopic (exact) mass is 415 g/mol. The molecule has 2 aromatic carbocycles. The van der Waals surface area contributed by atoms with Crippen LogP contribution >= 0.6 is 11.8 Å². The fourth-order valence-electron chi connectivity index (χ4n) is 3.41. The van der Waals surface area contributed by atoms with Crippen molar-refractivity contribution in [2.75, 3.05) is 18.1 Å². The first-order valence-electron chi connectivity index (χ1n) is 9.57. The van der Waals surface area contributed by atoms with Crippen molar-refractivity contribution in [1.82, 2.24) is 5.32 Å². The van der Waals surface area contributed by atoms with Crippen LogP contribution in [0.3, 0.4) is 0 Å². The average molecular weight is 416 g/mol. The minimum atomic E-state index is -1.11. The van der Waals surface area contributed by atoms with E-state index in [0.29, 0.717) is 12.2 Å². The lowest BCUT2D eigenvalue weighted by Gasteiger charge is -2.17. The van der Waals surface area contributed by atoms with E-state index in [1.807, 2.05) is 36.4 Å². The molecule has 0 heterocycles. The summed E-state index contributed by atoms with van der Waals surface area (Å²) in [6.45, 7) is 1.82. The highest BCUT2D eigenvalue weighted by Crippen LogP contribution is 2.44. The van der Waals surface area contributed by atoms with Crippen molar-refractivity contribution in [2.24, 2.45) is 0 Å². The van der Waals surface area contributed by atoms with Crippen LogP contribution in [0.1, 0.15) is 30.4 Å². The van der Waals surface area contributed by atoms with Gasteiger partial charge < -0.3 is 20.3 Å². The second kappa shape index (κ2) is 9.80. The Morgan fingerprint density at radius 2 is 1.69 bits per heavy atom. The van der Waals surface area contributed by atoms with Crippen LogP contribution in [-0.2, 0) is 9.53 Å². The van der Waals surface area contributed by atoms with E-state index in [0.717, 1.165) is 22.3 Å². The second-order valence-electron chi connectivity index (χ2n) is 7.07. The molecule has 1 amide bonds. The first-order chi connectivity index (χ1) is 14.0. The summed E-state index contributed by atoms with van der Waals surface area (Å²) in [4.78, 5) is 23.7. The number of amides is 1. The number of carboxylic acids is 1. The molecule has 7 heteroatoms. The summed E-state index contributed by atoms with van der Waals surface area (Å²) in [6, 6.07) is 15.0. The number of rotatable bonds is 9. The number of carbonyl (C=O) groups is 2. The molecule has 2 aromatic rings. The highest BCUT2D eigenvalue weighted by atomic mass is 32.2. The number of ether oxygens (including phenoxy) is 1. The van der Waals surface area contributed by atoms with Crippen LogP contribution in [0.4, 0.5) is 4.79 Å². The molecule has 0 bridgehead atoms. The van der Waals surface area contributed by atoms with Gasteiger partial charge in [-0.3, -0.25) is 0 Å². The van der Waals surface area contributed by atoms with E-state index in [1.54, 1.807) is 6.92 Å². The number of hydrogen-bond donors (Lipinski definition) is 3. The van der Waals surface area contributed by atoms with Gasteiger partial charge in [-0.2, -0.15) is 11.8 Å². The lowest BCUT2D eigenvalue weighted by atomic mass is 9.98. The Morgan fingerprint density at radius 3 is 2.24 bits per heavy atom. The van der Waals surface area contributed by atoms with E-state index in [4.69, 9.17) is 4.74 Å². The Kier molecular flexibility index (Phi) is 7.17. The molecule has 0 radical (unpaired) electrons. The van der Waals surface area contributed by atoms with Crippen molar-refractivity contribution < 1.29 is 24.5 Å². The average Bonchev–Trinajstić information content (AvgIpc) is 3.02. The molecule has 2 atom stereocenters. The van der Waals surface area contributed by atoms with Gasteiger partial charge in [-0.1, -0.05) is 48.5 Å². The zero-order valence-corrected chi connectivity index (χ0v) is 17.0. The third-order valence-corrected chi connectivity index (χ3v) is 5.99. The molecule has 29 heavy (non-hydrogen) atoms. The van der Waals surface area contributed by atoms with Crippen molar-refractivity contribution in [2.45, 2.75) is 31.4 Å². The quantitative estimate of drug-likeness (QED) is 0.543. The Balaban J connectivity index is 1.58. The molecule has 1 aliphatic carbocycles. The summed E-state index contributed by atoms with van der Waals surface area (Å²) in [5.41, 5.74) is 4.47. The number of aliphatic carboxylic acids is 1. The van der Waals surface area contributed by atoms with E-state index in [9.17, 15) is 19.8 Å². The molecule has 3 rings (SSSR count). The van der Waals surface area contributed by atoms with Crippen molar-refractivity contribution >= 4 is 23.8 Å². The number of aliphatic hydroxyl groups excluding tert-OH is 1. The van der Waals surface area contributed by atoms with Crippen molar-refractivity contribution in [1.29, 1.82) is 0 Å². The van der Waals surface area contributed by atoms with Gasteiger partial charge in [0.25, 0.3) is 0 Å². The van der Waals surface area contributed by atoms with Gasteiger partial charge >= 0.3 is 12.1 Å². The molecular formula is C22H25NO5S. The summed E-state index contributed by atoms with van der Waals surface area (Å²) >= 11 is 1.37. The SMILES string of the molecule is CC(O)CCSCC(NC(=O)OCC1c2ccccc2-c2ccccc21)C(=O)O. The number of aliphatic hydroxyl groups is 1. The number of hydrogen-bond acceptors (Lipinski definition) is 5. The Bertz CT molecular complexity index is 824. The van der Waals surface area contributed by atoms with E-state index >= 15 is 0 Å². The standard InChI is InChI=1S/C22H25NO5S/c1-14(24)10-11-29-13-20(21(25)26)23-22(27)28-12-19-17-8-4-2-6-15(17)16-7-3-5-9-18(16)19/h2-9,14,19-20,24H,10-13H2,1H3,(H,23,27)(H,25,26). The number of carboxylic acid groups (broad SMARTS) is 1. The fourth-order valence-corrected chi connectivity index (χ4v) is 4.55. The molecular weight excluding hydrogens is 390 g/mol. The summed E-state index contributed by atoms with van der Waals surface area (Å²) in [7, 11) is 0. The van der Waals surface area contributed by atoms with Gasteiger partial charge in [0.15, 0.2) is 0 Å². The van der Waals surface area contributed by atoms with Gasteiger partial charge in [-0.15, -0.1) is 0 Å². The Hall–Kier alpha value is -2.51. The minimum absolute atomic E-state index is 0.0724. The lowest BCUT2D eigenvalue weighted by molar-refractivity contribution is -0.138. The van der Waals surface area contributed by atoms with Gasteiger partial charge in [0.1, 0.15) is 12.6 Å². The predicted octanol–water partition coefficient (Wildman–Crippen LogP) is 3.48. The number of thioether (sulfide) groups is 1. The molecule has 0 fully saturated rings. The zero-order chi connectivity index (χ0) is 20.8. The molecule has 0 aromatic heterocycles. The van der Waals surface area contributed by atoms with Gasteiger partial charge in [-0.05, 0) is 41.4 Å². The van der Waals surface area contributed by atoms with Crippen molar-refractivity contribution in [3.05, 3.63) is 59.7 Å². The van der Waals surface area contributed by atoms with Gasteiger partial charge in [-0.25, -0.2) is 9.59 Å². The maximum absolute atomic E-state index is 12.2. The fraction of sp³-hybridized carbons (Fsp3) is 0.364. The summed E-state index contributed by atoms with van der Waals surface area (Å²) in [5.74, 6) is -0.347. The molecule has 0 aliphatic heterocycles. The number of carbonyl (C=O) groups excluding carboxylic acids is 1. The summed E-state index contributed by atoms with van der Waals surface area (Å²) < 4.78 is 5.40. The summed E-state index contributed by atoms with van der Waals surface area (Å²) in [6.07, 6.45) is -0.599. The normalized spacial score (nSPS) is 14.6. The van der Waals surface area contributed by atoms with Crippen LogP contribution in [0.5, 0.6) is 0 Å². The smallest absolute Gasteiger partial charge is 0.407 e. The molecule has 6 nitrogen and oxygen atoms in total. The van der Waals surface area contributed by atoms with E-state index in [1.165, 1.54) is 11.8 Å². The van der Waals surface area contributed by atoms with Gasteiger partial charge in [0.05, 0.1) is 6.10 Å². The molecule has 2 unspecified atom stereocenters. The number of nitrogens with one attached hydrogen (secondary N) is 1. The molecule has 3 N–H and O–H groups in total. The third kappa shape index (κ3) is 5.31. The topological polar surface area (TPSA) is 95.9 Å². The van der Waals surface area contributed by atoms with Crippen molar-refractivity contribution in [3.63, 3.8) is 0 Å². The van der Waals surface area contributed by atoms with E-state index < -0.39 is 24.2 Å². The molecule has 154 valence electrons. The largest absolute Gasteiger partial charge is 0.480 e. The molecule has 0 saturated carbocycles. The molecule has 0 saturated heterocycles. The van der Waals surface area contributed by atoms with Gasteiger partial charge in [0.2, 0.25) is 0 Å². The lowest BCUT2D eigenvalue weighted by Crippen LogP contribution is -2.43. The van der Waals surface area contributed by atoms with Crippen LogP contribution in [0, 0.1) is 0 Å². The number of benzene rings is 2. The van der Waals surface area contributed by atoms with Crippen molar-refractivity contribution in [3.8, 4) is 11.1 Å². The van der Waals surface area contributed by atoms with Crippen LogP contribution in [0.25, 0.3) is 11.1 Å².